The van der Waals surface area contributed by atoms with Crippen LogP contribution in [0.3, 0.4) is 0 Å². The van der Waals surface area contributed by atoms with E-state index in [4.69, 9.17) is 0 Å². The lowest BCUT2D eigenvalue weighted by atomic mass is 10.1. The molecule has 0 saturated carbocycles. The smallest absolute Gasteiger partial charge is 0.250 e. The van der Waals surface area contributed by atoms with Crippen LogP contribution in [-0.4, -0.2) is 20.9 Å². The molecule has 1 N–H and O–H groups in total. The van der Waals surface area contributed by atoms with E-state index in [-0.39, 0.29) is 5.91 Å². The summed E-state index contributed by atoms with van der Waals surface area (Å²) in [5.41, 5.74) is 3.69. The monoisotopic (exact) mass is 290 g/mol. The SMILES string of the molecule is C=C(C)C(=O)Nc1ccnc(-c2ccc3cncnc3c2)c1. The average Bonchev–Trinajstić information content (AvgIpc) is 2.54. The third-order valence-electron chi connectivity index (χ3n) is 3.21. The van der Waals surface area contributed by atoms with E-state index in [1.165, 1.54) is 6.33 Å². The van der Waals surface area contributed by atoms with Crippen LogP contribution in [0.2, 0.25) is 0 Å². The van der Waals surface area contributed by atoms with E-state index in [1.54, 1.807) is 25.4 Å². The van der Waals surface area contributed by atoms with E-state index in [9.17, 15) is 4.79 Å². The van der Waals surface area contributed by atoms with E-state index in [1.807, 2.05) is 24.3 Å². The normalized spacial score (nSPS) is 10.4. The molecule has 0 radical (unpaired) electrons. The molecule has 0 bridgehead atoms. The Morgan fingerprint density at radius 1 is 1.18 bits per heavy atom. The van der Waals surface area contributed by atoms with Crippen molar-refractivity contribution in [2.75, 3.05) is 5.32 Å². The van der Waals surface area contributed by atoms with E-state index >= 15 is 0 Å². The summed E-state index contributed by atoms with van der Waals surface area (Å²) >= 11 is 0. The molecule has 2 heterocycles. The second kappa shape index (κ2) is 5.73. The van der Waals surface area contributed by atoms with E-state index in [2.05, 4.69) is 26.8 Å². The maximum absolute atomic E-state index is 11.7. The minimum Gasteiger partial charge on any atom is -0.322 e. The summed E-state index contributed by atoms with van der Waals surface area (Å²) < 4.78 is 0. The Bertz CT molecular complexity index is 873. The number of anilines is 1. The van der Waals surface area contributed by atoms with Gasteiger partial charge in [-0.3, -0.25) is 9.78 Å². The van der Waals surface area contributed by atoms with Crippen molar-refractivity contribution in [3.63, 3.8) is 0 Å². The van der Waals surface area contributed by atoms with Crippen LogP contribution in [0, 0.1) is 0 Å². The van der Waals surface area contributed by atoms with E-state index < -0.39 is 0 Å². The minimum atomic E-state index is -0.205. The number of benzene rings is 1. The van der Waals surface area contributed by atoms with Gasteiger partial charge in [-0.05, 0) is 25.1 Å². The van der Waals surface area contributed by atoms with Crippen molar-refractivity contribution in [2.45, 2.75) is 6.92 Å². The van der Waals surface area contributed by atoms with Gasteiger partial charge in [0.25, 0.3) is 5.91 Å². The largest absolute Gasteiger partial charge is 0.322 e. The van der Waals surface area contributed by atoms with Gasteiger partial charge in [-0.2, -0.15) is 0 Å². The van der Waals surface area contributed by atoms with Gasteiger partial charge in [-0.1, -0.05) is 18.7 Å². The molecule has 1 aromatic carbocycles. The molecule has 5 heteroatoms. The molecule has 108 valence electrons. The van der Waals surface area contributed by atoms with E-state index in [0.717, 1.165) is 22.2 Å². The molecule has 1 amide bonds. The van der Waals surface area contributed by atoms with Crippen LogP contribution < -0.4 is 5.32 Å². The molecule has 3 aromatic rings. The Morgan fingerprint density at radius 3 is 2.86 bits per heavy atom. The second-order valence-electron chi connectivity index (χ2n) is 4.96. The van der Waals surface area contributed by atoms with Crippen LogP contribution in [0.15, 0.2) is 61.2 Å². The van der Waals surface area contributed by atoms with Crippen LogP contribution in [0.25, 0.3) is 22.2 Å². The van der Waals surface area contributed by atoms with Gasteiger partial charge in [0.1, 0.15) is 6.33 Å². The van der Waals surface area contributed by atoms with Crippen LogP contribution in [0.4, 0.5) is 5.69 Å². The predicted molar refractivity (Wildman–Crippen MR) is 86.2 cm³/mol. The number of nitrogens with one attached hydrogen (secondary N) is 1. The Labute approximate surface area is 127 Å². The fraction of sp³-hybridized carbons (Fsp3) is 0.0588. The van der Waals surface area contributed by atoms with Gasteiger partial charge in [0, 0.05) is 34.6 Å². The number of amides is 1. The fourth-order valence-corrected chi connectivity index (χ4v) is 2.04. The van der Waals surface area contributed by atoms with Crippen molar-refractivity contribution in [2.24, 2.45) is 0 Å². The Kier molecular flexibility index (Phi) is 3.62. The summed E-state index contributed by atoms with van der Waals surface area (Å²) in [6, 6.07) is 9.42. The second-order valence-corrected chi connectivity index (χ2v) is 4.96. The number of nitrogens with zero attached hydrogens (tertiary/aromatic N) is 3. The zero-order valence-corrected chi connectivity index (χ0v) is 12.1. The number of hydrogen-bond donors (Lipinski definition) is 1. The van der Waals surface area contributed by atoms with Gasteiger partial charge in [-0.25, -0.2) is 9.97 Å². The molecule has 0 spiro atoms. The zero-order valence-electron chi connectivity index (χ0n) is 12.1. The number of pyridine rings is 1. The molecule has 22 heavy (non-hydrogen) atoms. The summed E-state index contributed by atoms with van der Waals surface area (Å²) in [7, 11) is 0. The summed E-state index contributed by atoms with van der Waals surface area (Å²) in [6.45, 7) is 5.29. The summed E-state index contributed by atoms with van der Waals surface area (Å²) in [5, 5.41) is 3.75. The number of carbonyl (C=O) groups is 1. The van der Waals surface area contributed by atoms with Crippen molar-refractivity contribution >= 4 is 22.5 Å². The highest BCUT2D eigenvalue weighted by molar-refractivity contribution is 6.03. The van der Waals surface area contributed by atoms with Gasteiger partial charge in [0.05, 0.1) is 11.2 Å². The highest BCUT2D eigenvalue weighted by Gasteiger charge is 2.06. The number of fused-ring (bicyclic) bond motifs is 1. The molecule has 0 saturated heterocycles. The lowest BCUT2D eigenvalue weighted by molar-refractivity contribution is -0.112. The topological polar surface area (TPSA) is 67.8 Å². The summed E-state index contributed by atoms with van der Waals surface area (Å²) in [5.74, 6) is -0.205. The predicted octanol–water partition coefficient (Wildman–Crippen LogP) is 3.21. The number of aromatic nitrogens is 3. The lowest BCUT2D eigenvalue weighted by Crippen LogP contribution is -2.11. The molecule has 5 nitrogen and oxygen atoms in total. The first-order chi connectivity index (χ1) is 10.6. The quantitative estimate of drug-likeness (QED) is 0.752. The minimum absolute atomic E-state index is 0.205. The van der Waals surface area contributed by atoms with Crippen molar-refractivity contribution in [1.82, 2.24) is 15.0 Å². The molecular formula is C17H14N4O. The van der Waals surface area contributed by atoms with Crippen molar-refractivity contribution in [3.05, 3.63) is 61.2 Å². The van der Waals surface area contributed by atoms with Crippen LogP contribution in [0.5, 0.6) is 0 Å². The first-order valence-electron chi connectivity index (χ1n) is 6.76. The first-order valence-corrected chi connectivity index (χ1v) is 6.76. The highest BCUT2D eigenvalue weighted by atomic mass is 16.1. The van der Waals surface area contributed by atoms with Crippen LogP contribution in [-0.2, 0) is 4.79 Å². The van der Waals surface area contributed by atoms with E-state index in [0.29, 0.717) is 11.3 Å². The summed E-state index contributed by atoms with van der Waals surface area (Å²) in [6.07, 6.45) is 4.94. The molecule has 0 unspecified atom stereocenters. The third-order valence-corrected chi connectivity index (χ3v) is 3.21. The maximum atomic E-state index is 11.7. The highest BCUT2D eigenvalue weighted by Crippen LogP contribution is 2.23. The molecule has 2 aromatic heterocycles. The maximum Gasteiger partial charge on any atom is 0.250 e. The standard InChI is InChI=1S/C17H14N4O/c1-11(2)17(22)21-14-5-6-19-16(8-14)12-3-4-13-9-18-10-20-15(13)7-12/h3-10H,1H2,2H3,(H,19,21,22). The first kappa shape index (κ1) is 13.9. The lowest BCUT2D eigenvalue weighted by Gasteiger charge is -2.07. The van der Waals surface area contributed by atoms with Crippen LogP contribution in [0.1, 0.15) is 6.92 Å². The molecule has 0 atom stereocenters. The molecule has 0 aliphatic carbocycles. The molecular weight excluding hydrogens is 276 g/mol. The van der Waals surface area contributed by atoms with Gasteiger partial charge >= 0.3 is 0 Å². The molecule has 0 aliphatic heterocycles. The third kappa shape index (κ3) is 2.83. The number of carbonyl (C=O) groups excluding carboxylic acids is 1. The fourth-order valence-electron chi connectivity index (χ4n) is 2.04. The van der Waals surface area contributed by atoms with Gasteiger partial charge in [-0.15, -0.1) is 0 Å². The molecule has 3 rings (SSSR count). The number of hydrogen-bond acceptors (Lipinski definition) is 4. The van der Waals surface area contributed by atoms with Gasteiger partial charge in [0.2, 0.25) is 0 Å². The van der Waals surface area contributed by atoms with Crippen molar-refractivity contribution in [3.8, 4) is 11.3 Å². The van der Waals surface area contributed by atoms with Crippen molar-refractivity contribution in [1.29, 1.82) is 0 Å². The van der Waals surface area contributed by atoms with Crippen LogP contribution >= 0.6 is 0 Å². The Hall–Kier alpha value is -3.08. The Balaban J connectivity index is 1.96. The zero-order chi connectivity index (χ0) is 15.5. The average molecular weight is 290 g/mol. The van der Waals surface area contributed by atoms with Gasteiger partial charge in [0.15, 0.2) is 0 Å². The number of rotatable bonds is 3. The van der Waals surface area contributed by atoms with Crippen molar-refractivity contribution < 1.29 is 4.79 Å². The van der Waals surface area contributed by atoms with Gasteiger partial charge < -0.3 is 5.32 Å². The molecule has 0 fully saturated rings. The summed E-state index contributed by atoms with van der Waals surface area (Å²) in [4.78, 5) is 24.3. The molecule has 0 aliphatic rings. The Morgan fingerprint density at radius 2 is 2.05 bits per heavy atom.